The summed E-state index contributed by atoms with van der Waals surface area (Å²) in [5, 5.41) is 4.78. The van der Waals surface area contributed by atoms with Crippen molar-refractivity contribution in [3.63, 3.8) is 0 Å². The fraction of sp³-hybridized carbons (Fsp3) is 0.800. The third-order valence-electron chi connectivity index (χ3n) is 2.84. The number of thiazole rings is 1. The molecule has 1 heterocycles. The number of rotatable bonds is 6. The summed E-state index contributed by atoms with van der Waals surface area (Å²) in [4.78, 5) is 8.09. The molecular weight excluding hydrogens is 254 g/mol. The quantitative estimate of drug-likeness (QED) is 0.869. The van der Waals surface area contributed by atoms with Crippen molar-refractivity contribution in [2.24, 2.45) is 5.41 Å². The molecule has 0 aliphatic rings. The van der Waals surface area contributed by atoms with E-state index in [1.807, 2.05) is 17.5 Å². The fourth-order valence-corrected chi connectivity index (χ4v) is 3.11. The minimum absolute atomic E-state index is 0.160. The smallest absolute Gasteiger partial charge is 0.0981 e. The summed E-state index contributed by atoms with van der Waals surface area (Å²) in [6.07, 6.45) is 2.01. The molecule has 0 aliphatic carbocycles. The lowest BCUT2D eigenvalue weighted by atomic mass is 9.93. The van der Waals surface area contributed by atoms with Gasteiger partial charge in [0.05, 0.1) is 5.01 Å². The van der Waals surface area contributed by atoms with Crippen LogP contribution in [0.3, 0.4) is 0 Å². The van der Waals surface area contributed by atoms with Crippen molar-refractivity contribution in [1.82, 2.24) is 15.2 Å². The van der Waals surface area contributed by atoms with Crippen molar-refractivity contribution in [3.8, 4) is 0 Å². The van der Waals surface area contributed by atoms with Crippen LogP contribution in [-0.4, -0.2) is 37.1 Å². The average Bonchev–Trinajstić information content (AvgIpc) is 2.62. The van der Waals surface area contributed by atoms with Crippen molar-refractivity contribution in [2.45, 2.75) is 46.6 Å². The first-order valence-corrected chi connectivity index (χ1v) is 7.72. The molecular formula is C15H29N3S. The molecule has 0 saturated carbocycles. The van der Waals surface area contributed by atoms with E-state index in [1.165, 1.54) is 9.88 Å². The SMILES string of the molecule is CN(C)CC(C)(C)CNCc1cnc(C(C)(C)C)s1. The lowest BCUT2D eigenvalue weighted by Crippen LogP contribution is -2.37. The summed E-state index contributed by atoms with van der Waals surface area (Å²) >= 11 is 1.82. The van der Waals surface area contributed by atoms with E-state index < -0.39 is 0 Å². The topological polar surface area (TPSA) is 28.2 Å². The van der Waals surface area contributed by atoms with Crippen LogP contribution in [0.25, 0.3) is 0 Å². The molecule has 19 heavy (non-hydrogen) atoms. The van der Waals surface area contributed by atoms with Crippen molar-refractivity contribution in [3.05, 3.63) is 16.1 Å². The third kappa shape index (κ3) is 6.02. The highest BCUT2D eigenvalue weighted by Crippen LogP contribution is 2.26. The molecule has 110 valence electrons. The van der Waals surface area contributed by atoms with Gasteiger partial charge in [0, 0.05) is 36.1 Å². The van der Waals surface area contributed by atoms with E-state index in [2.05, 4.69) is 63.9 Å². The summed E-state index contributed by atoms with van der Waals surface area (Å²) in [6, 6.07) is 0. The Kier molecular flexibility index (Phi) is 5.53. The molecule has 0 radical (unpaired) electrons. The highest BCUT2D eigenvalue weighted by molar-refractivity contribution is 7.11. The molecule has 0 bridgehead atoms. The van der Waals surface area contributed by atoms with Gasteiger partial charge in [0.25, 0.3) is 0 Å². The summed E-state index contributed by atoms with van der Waals surface area (Å²) in [5.41, 5.74) is 0.453. The van der Waals surface area contributed by atoms with Crippen LogP contribution in [0.2, 0.25) is 0 Å². The zero-order valence-corrected chi connectivity index (χ0v) is 14.3. The molecule has 0 amide bonds. The van der Waals surface area contributed by atoms with E-state index >= 15 is 0 Å². The van der Waals surface area contributed by atoms with E-state index in [-0.39, 0.29) is 5.41 Å². The van der Waals surface area contributed by atoms with E-state index in [9.17, 15) is 0 Å². The maximum absolute atomic E-state index is 4.52. The van der Waals surface area contributed by atoms with E-state index in [4.69, 9.17) is 0 Å². The average molecular weight is 283 g/mol. The van der Waals surface area contributed by atoms with Crippen molar-refractivity contribution >= 4 is 11.3 Å². The minimum Gasteiger partial charge on any atom is -0.311 e. The Morgan fingerprint density at radius 3 is 2.32 bits per heavy atom. The van der Waals surface area contributed by atoms with Gasteiger partial charge in [-0.3, -0.25) is 0 Å². The van der Waals surface area contributed by atoms with Crippen LogP contribution in [0.4, 0.5) is 0 Å². The Bertz CT molecular complexity index is 388. The fourth-order valence-electron chi connectivity index (χ4n) is 2.17. The van der Waals surface area contributed by atoms with Crippen LogP contribution >= 0.6 is 11.3 Å². The second-order valence-electron chi connectivity index (χ2n) is 7.39. The lowest BCUT2D eigenvalue weighted by molar-refractivity contribution is 0.232. The molecule has 0 aromatic carbocycles. The molecule has 1 aromatic rings. The van der Waals surface area contributed by atoms with Crippen LogP contribution in [0, 0.1) is 5.41 Å². The van der Waals surface area contributed by atoms with Gasteiger partial charge in [0.2, 0.25) is 0 Å². The number of hydrogen-bond donors (Lipinski definition) is 1. The Morgan fingerprint density at radius 1 is 1.21 bits per heavy atom. The summed E-state index contributed by atoms with van der Waals surface area (Å²) in [6.45, 7) is 14.3. The molecule has 0 atom stereocenters. The summed E-state index contributed by atoms with van der Waals surface area (Å²) < 4.78 is 0. The largest absolute Gasteiger partial charge is 0.311 e. The van der Waals surface area contributed by atoms with Crippen LogP contribution in [-0.2, 0) is 12.0 Å². The van der Waals surface area contributed by atoms with Crippen molar-refractivity contribution in [2.75, 3.05) is 27.2 Å². The van der Waals surface area contributed by atoms with E-state index in [0.29, 0.717) is 5.41 Å². The van der Waals surface area contributed by atoms with Crippen LogP contribution in [0.15, 0.2) is 6.20 Å². The van der Waals surface area contributed by atoms with E-state index in [0.717, 1.165) is 19.6 Å². The number of nitrogens with one attached hydrogen (secondary N) is 1. The standard InChI is InChI=1S/C15H29N3S/c1-14(2,3)13-17-9-12(19-13)8-16-10-15(4,5)11-18(6)7/h9,16H,8,10-11H2,1-7H3. The minimum atomic E-state index is 0.160. The number of hydrogen-bond acceptors (Lipinski definition) is 4. The molecule has 0 unspecified atom stereocenters. The molecule has 0 aliphatic heterocycles. The Labute approximate surface area is 122 Å². The lowest BCUT2D eigenvalue weighted by Gasteiger charge is -2.28. The van der Waals surface area contributed by atoms with Gasteiger partial charge >= 0.3 is 0 Å². The van der Waals surface area contributed by atoms with Gasteiger partial charge < -0.3 is 10.2 Å². The van der Waals surface area contributed by atoms with Gasteiger partial charge in [-0.1, -0.05) is 34.6 Å². The van der Waals surface area contributed by atoms with Gasteiger partial charge in [-0.15, -0.1) is 11.3 Å². The Morgan fingerprint density at radius 2 is 1.84 bits per heavy atom. The zero-order chi connectivity index (χ0) is 14.7. The van der Waals surface area contributed by atoms with Crippen LogP contribution < -0.4 is 5.32 Å². The molecule has 1 aromatic heterocycles. The zero-order valence-electron chi connectivity index (χ0n) is 13.5. The summed E-state index contributed by atoms with van der Waals surface area (Å²) in [7, 11) is 4.25. The molecule has 1 rings (SSSR count). The van der Waals surface area contributed by atoms with Gasteiger partial charge in [0.1, 0.15) is 0 Å². The molecule has 3 nitrogen and oxygen atoms in total. The monoisotopic (exact) mass is 283 g/mol. The summed E-state index contributed by atoms with van der Waals surface area (Å²) in [5.74, 6) is 0. The first-order valence-electron chi connectivity index (χ1n) is 6.91. The molecule has 0 spiro atoms. The second-order valence-corrected chi connectivity index (χ2v) is 8.50. The molecule has 1 N–H and O–H groups in total. The van der Waals surface area contributed by atoms with Crippen LogP contribution in [0.1, 0.15) is 44.5 Å². The Balaban J connectivity index is 2.43. The Hall–Kier alpha value is -0.450. The molecule has 0 fully saturated rings. The first-order chi connectivity index (χ1) is 8.60. The predicted molar refractivity (Wildman–Crippen MR) is 84.9 cm³/mol. The highest BCUT2D eigenvalue weighted by Gasteiger charge is 2.20. The number of nitrogens with zero attached hydrogens (tertiary/aromatic N) is 2. The normalized spacial score (nSPS) is 13.3. The molecule has 0 saturated heterocycles. The maximum Gasteiger partial charge on any atom is 0.0981 e. The van der Waals surface area contributed by atoms with Crippen LogP contribution in [0.5, 0.6) is 0 Å². The van der Waals surface area contributed by atoms with Gasteiger partial charge in [0.15, 0.2) is 0 Å². The third-order valence-corrected chi connectivity index (χ3v) is 4.27. The first kappa shape index (κ1) is 16.6. The van der Waals surface area contributed by atoms with Gasteiger partial charge in [-0.05, 0) is 19.5 Å². The number of aromatic nitrogens is 1. The highest BCUT2D eigenvalue weighted by atomic mass is 32.1. The van der Waals surface area contributed by atoms with Crippen molar-refractivity contribution < 1.29 is 0 Å². The van der Waals surface area contributed by atoms with Gasteiger partial charge in [-0.2, -0.15) is 0 Å². The predicted octanol–water partition coefficient (Wildman–Crippen LogP) is 3.12. The molecule has 4 heteroatoms. The van der Waals surface area contributed by atoms with Crippen molar-refractivity contribution in [1.29, 1.82) is 0 Å². The van der Waals surface area contributed by atoms with E-state index in [1.54, 1.807) is 0 Å². The second kappa shape index (κ2) is 6.33. The maximum atomic E-state index is 4.52. The van der Waals surface area contributed by atoms with Gasteiger partial charge in [-0.25, -0.2) is 4.98 Å².